The van der Waals surface area contributed by atoms with Gasteiger partial charge >= 0.3 is 5.97 Å². The first kappa shape index (κ1) is 15.8. The van der Waals surface area contributed by atoms with Crippen LogP contribution in [0.4, 0.5) is 0 Å². The first-order valence-electron chi connectivity index (χ1n) is 6.19. The fraction of sp³-hybridized carbons (Fsp3) is 0.385. The molecule has 1 amide bonds. The number of esters is 1. The lowest BCUT2D eigenvalue weighted by molar-refractivity contribution is -0.144. The third kappa shape index (κ3) is 2.65. The van der Waals surface area contributed by atoms with Crippen LogP contribution >= 0.6 is 11.8 Å². The maximum atomic E-state index is 12.5. The highest BCUT2D eigenvalue weighted by Crippen LogP contribution is 2.33. The van der Waals surface area contributed by atoms with Gasteiger partial charge in [-0.15, -0.1) is 0 Å². The highest BCUT2D eigenvalue weighted by molar-refractivity contribution is 7.98. The summed E-state index contributed by atoms with van der Waals surface area (Å²) in [6, 6.07) is 4.81. The van der Waals surface area contributed by atoms with E-state index in [1.165, 1.54) is 31.0 Å². The number of rotatable bonds is 5. The molecular formula is C13H15NO5S2. The molecule has 0 saturated carbocycles. The van der Waals surface area contributed by atoms with Crippen molar-refractivity contribution in [3.8, 4) is 0 Å². The van der Waals surface area contributed by atoms with Gasteiger partial charge in [-0.3, -0.25) is 4.79 Å². The monoisotopic (exact) mass is 329 g/mol. The van der Waals surface area contributed by atoms with Crippen LogP contribution in [0.5, 0.6) is 0 Å². The van der Waals surface area contributed by atoms with E-state index in [2.05, 4.69) is 4.74 Å². The number of thioether (sulfide) groups is 1. The van der Waals surface area contributed by atoms with Crippen molar-refractivity contribution in [1.82, 2.24) is 4.31 Å². The van der Waals surface area contributed by atoms with Gasteiger partial charge in [0.15, 0.2) is 0 Å². The number of hydrogen-bond acceptors (Lipinski definition) is 6. The van der Waals surface area contributed by atoms with Crippen LogP contribution in [0.2, 0.25) is 0 Å². The minimum atomic E-state index is -4.01. The van der Waals surface area contributed by atoms with Crippen LogP contribution in [0.15, 0.2) is 29.2 Å². The number of methoxy groups -OCH3 is 1. The summed E-state index contributed by atoms with van der Waals surface area (Å²) in [5, 5.41) is 0. The molecule has 21 heavy (non-hydrogen) atoms. The summed E-state index contributed by atoms with van der Waals surface area (Å²) in [6.45, 7) is 0. The van der Waals surface area contributed by atoms with Gasteiger partial charge in [0.05, 0.1) is 12.7 Å². The molecule has 1 aliphatic heterocycles. The zero-order valence-electron chi connectivity index (χ0n) is 11.6. The fourth-order valence-electron chi connectivity index (χ4n) is 2.21. The summed E-state index contributed by atoms with van der Waals surface area (Å²) >= 11 is 1.46. The second-order valence-electron chi connectivity index (χ2n) is 4.42. The van der Waals surface area contributed by atoms with Crippen molar-refractivity contribution >= 4 is 33.7 Å². The predicted octanol–water partition coefficient (Wildman–Crippen LogP) is 1.13. The van der Waals surface area contributed by atoms with Gasteiger partial charge in [-0.25, -0.2) is 17.5 Å². The summed E-state index contributed by atoms with van der Waals surface area (Å²) < 4.78 is 30.3. The summed E-state index contributed by atoms with van der Waals surface area (Å²) in [6.07, 6.45) is 2.05. The molecule has 0 unspecified atom stereocenters. The van der Waals surface area contributed by atoms with Crippen molar-refractivity contribution in [1.29, 1.82) is 0 Å². The molecule has 114 valence electrons. The van der Waals surface area contributed by atoms with E-state index in [4.69, 9.17) is 0 Å². The molecule has 8 heteroatoms. The molecule has 0 N–H and O–H groups in total. The third-order valence-corrected chi connectivity index (χ3v) is 5.70. The second kappa shape index (κ2) is 6.07. The van der Waals surface area contributed by atoms with Crippen molar-refractivity contribution in [2.45, 2.75) is 17.4 Å². The number of carbonyl (C=O) groups excluding carboxylic acids is 2. The molecule has 0 fully saturated rings. The van der Waals surface area contributed by atoms with Gasteiger partial charge in [-0.05, 0) is 30.6 Å². The molecular weight excluding hydrogens is 314 g/mol. The van der Waals surface area contributed by atoms with Gasteiger partial charge in [-0.1, -0.05) is 12.1 Å². The van der Waals surface area contributed by atoms with Crippen molar-refractivity contribution in [2.24, 2.45) is 0 Å². The fourth-order valence-corrected chi connectivity index (χ4v) is 4.41. The van der Waals surface area contributed by atoms with Gasteiger partial charge in [0, 0.05) is 0 Å². The van der Waals surface area contributed by atoms with Gasteiger partial charge in [0.1, 0.15) is 10.9 Å². The average molecular weight is 329 g/mol. The SMILES string of the molecule is COC(=O)[C@H](CCSC)N1C(=O)c2ccccc2S1(=O)=O. The predicted molar refractivity (Wildman–Crippen MR) is 78.6 cm³/mol. The normalized spacial score (nSPS) is 17.4. The summed E-state index contributed by atoms with van der Waals surface area (Å²) in [7, 11) is -2.83. The molecule has 0 spiro atoms. The van der Waals surface area contributed by atoms with Gasteiger partial charge in [0.2, 0.25) is 0 Å². The van der Waals surface area contributed by atoms with Crippen molar-refractivity contribution < 1.29 is 22.7 Å². The van der Waals surface area contributed by atoms with Crippen molar-refractivity contribution in [3.63, 3.8) is 0 Å². The first-order chi connectivity index (χ1) is 9.95. The molecule has 1 atom stereocenters. The minimum Gasteiger partial charge on any atom is -0.467 e. The number of carbonyl (C=O) groups is 2. The summed E-state index contributed by atoms with van der Waals surface area (Å²) in [5.74, 6) is -0.869. The molecule has 0 saturated heterocycles. The zero-order valence-corrected chi connectivity index (χ0v) is 13.2. The molecule has 1 aliphatic rings. The quantitative estimate of drug-likeness (QED) is 0.753. The number of nitrogens with zero attached hydrogens (tertiary/aromatic N) is 1. The number of hydrogen-bond donors (Lipinski definition) is 0. The Morgan fingerprint density at radius 2 is 2.05 bits per heavy atom. The minimum absolute atomic E-state index is 0.0620. The van der Waals surface area contributed by atoms with E-state index in [1.807, 2.05) is 6.26 Å². The standard InChI is InChI=1S/C13H15NO5S2/c1-19-13(16)10(7-8-20-2)14-12(15)9-5-3-4-6-11(9)21(14,17)18/h3-6,10H,7-8H2,1-2H3/t10-/m0/s1. The Morgan fingerprint density at radius 1 is 1.38 bits per heavy atom. The van der Waals surface area contributed by atoms with Crippen LogP contribution in [0.25, 0.3) is 0 Å². The Hall–Kier alpha value is -1.54. The lowest BCUT2D eigenvalue weighted by Crippen LogP contribution is -2.45. The lowest BCUT2D eigenvalue weighted by atomic mass is 10.1. The van der Waals surface area contributed by atoms with Crippen molar-refractivity contribution in [2.75, 3.05) is 19.1 Å². The molecule has 1 heterocycles. The van der Waals surface area contributed by atoms with E-state index in [0.29, 0.717) is 10.1 Å². The number of amides is 1. The summed E-state index contributed by atoms with van der Waals surface area (Å²) in [4.78, 5) is 24.2. The molecule has 2 rings (SSSR count). The van der Waals surface area contributed by atoms with E-state index < -0.39 is 27.9 Å². The van der Waals surface area contributed by atoms with Crippen LogP contribution in [0.3, 0.4) is 0 Å². The van der Waals surface area contributed by atoms with Crippen LogP contribution in [0, 0.1) is 0 Å². The molecule has 6 nitrogen and oxygen atoms in total. The van der Waals surface area contributed by atoms with Gasteiger partial charge in [-0.2, -0.15) is 11.8 Å². The molecule has 1 aromatic carbocycles. The highest BCUT2D eigenvalue weighted by atomic mass is 32.2. The second-order valence-corrected chi connectivity index (χ2v) is 7.19. The lowest BCUT2D eigenvalue weighted by Gasteiger charge is -2.24. The number of fused-ring (bicyclic) bond motifs is 1. The Labute approximate surface area is 127 Å². The first-order valence-corrected chi connectivity index (χ1v) is 9.03. The topological polar surface area (TPSA) is 80.8 Å². The number of sulfonamides is 1. The van der Waals surface area contributed by atoms with Crippen LogP contribution < -0.4 is 0 Å². The molecule has 0 aliphatic carbocycles. The smallest absolute Gasteiger partial charge is 0.329 e. The van der Waals surface area contributed by atoms with E-state index in [1.54, 1.807) is 12.1 Å². The average Bonchev–Trinajstić information content (AvgIpc) is 2.68. The molecule has 0 aromatic heterocycles. The van der Waals surface area contributed by atoms with Crippen LogP contribution in [0.1, 0.15) is 16.8 Å². The molecule has 0 radical (unpaired) electrons. The van der Waals surface area contributed by atoms with E-state index in [-0.39, 0.29) is 16.9 Å². The van der Waals surface area contributed by atoms with Crippen molar-refractivity contribution in [3.05, 3.63) is 29.8 Å². The zero-order chi connectivity index (χ0) is 15.6. The van der Waals surface area contributed by atoms with E-state index in [9.17, 15) is 18.0 Å². The Bertz CT molecular complexity index is 671. The van der Waals surface area contributed by atoms with Gasteiger partial charge in [0.25, 0.3) is 15.9 Å². The molecule has 0 bridgehead atoms. The maximum Gasteiger partial charge on any atom is 0.329 e. The molecule has 1 aromatic rings. The van der Waals surface area contributed by atoms with Crippen LogP contribution in [-0.2, 0) is 19.6 Å². The summed E-state index contributed by atoms with van der Waals surface area (Å²) in [5.41, 5.74) is 0.0931. The number of ether oxygens (including phenoxy) is 1. The van der Waals surface area contributed by atoms with E-state index >= 15 is 0 Å². The Balaban J connectivity index is 2.48. The van der Waals surface area contributed by atoms with E-state index in [0.717, 1.165) is 0 Å². The van der Waals surface area contributed by atoms with Crippen LogP contribution in [-0.4, -0.2) is 49.8 Å². The Morgan fingerprint density at radius 3 is 2.62 bits per heavy atom. The highest BCUT2D eigenvalue weighted by Gasteiger charge is 2.47. The Kier molecular flexibility index (Phi) is 4.58. The largest absolute Gasteiger partial charge is 0.467 e. The number of benzene rings is 1. The third-order valence-electron chi connectivity index (χ3n) is 3.21. The van der Waals surface area contributed by atoms with Gasteiger partial charge < -0.3 is 4.74 Å². The maximum absolute atomic E-state index is 12.5.